The molecule has 0 heterocycles. The number of nitrogens with zero attached hydrogens (tertiary/aromatic N) is 1. The standard InChI is InChI=1S/C25H17NO6S/c27-25(33(30,31)22-16-14-20(15-17-22)26(28)29)19-12-10-18(11-13-19)23-8-4-5-9-24(23)32-21-6-2-1-3-7-21/h1-17H. The lowest BCUT2D eigenvalue weighted by atomic mass is 10.0. The Balaban J connectivity index is 1.60. The van der Waals surface area contributed by atoms with E-state index in [4.69, 9.17) is 4.74 Å². The summed E-state index contributed by atoms with van der Waals surface area (Å²) >= 11 is 0. The molecule has 0 fully saturated rings. The number of hydrogen-bond donors (Lipinski definition) is 0. The Bertz CT molecular complexity index is 1410. The molecule has 164 valence electrons. The van der Waals surface area contributed by atoms with Crippen LogP contribution in [0.2, 0.25) is 0 Å². The Kier molecular flexibility index (Phi) is 6.01. The Hall–Kier alpha value is -4.30. The first kappa shape index (κ1) is 21.9. The molecule has 0 atom stereocenters. The van der Waals surface area contributed by atoms with Gasteiger partial charge in [0.2, 0.25) is 9.84 Å². The van der Waals surface area contributed by atoms with Crippen molar-refractivity contribution in [2.24, 2.45) is 0 Å². The van der Waals surface area contributed by atoms with Crippen molar-refractivity contribution >= 4 is 20.6 Å². The van der Waals surface area contributed by atoms with E-state index >= 15 is 0 Å². The molecule has 0 aliphatic heterocycles. The largest absolute Gasteiger partial charge is 0.457 e. The number of carbonyl (C=O) groups excluding carboxylic acids is 1. The maximum Gasteiger partial charge on any atom is 0.281 e. The van der Waals surface area contributed by atoms with Gasteiger partial charge in [-0.15, -0.1) is 0 Å². The summed E-state index contributed by atoms with van der Waals surface area (Å²) in [4.78, 5) is 22.5. The third-order valence-electron chi connectivity index (χ3n) is 4.89. The first-order valence-corrected chi connectivity index (χ1v) is 11.3. The third-order valence-corrected chi connectivity index (χ3v) is 6.51. The minimum Gasteiger partial charge on any atom is -0.457 e. The first-order valence-electron chi connectivity index (χ1n) is 9.82. The summed E-state index contributed by atoms with van der Waals surface area (Å²) in [5.41, 5.74) is 1.24. The molecule has 0 bridgehead atoms. The molecule has 0 radical (unpaired) electrons. The van der Waals surface area contributed by atoms with E-state index in [-0.39, 0.29) is 16.1 Å². The second-order valence-electron chi connectivity index (χ2n) is 7.03. The van der Waals surface area contributed by atoms with Gasteiger partial charge in [0, 0.05) is 23.3 Å². The second-order valence-corrected chi connectivity index (χ2v) is 8.88. The smallest absolute Gasteiger partial charge is 0.281 e. The van der Waals surface area contributed by atoms with Gasteiger partial charge in [-0.2, -0.15) is 0 Å². The van der Waals surface area contributed by atoms with Crippen molar-refractivity contribution in [1.29, 1.82) is 0 Å². The summed E-state index contributed by atoms with van der Waals surface area (Å²) in [7, 11) is -4.35. The molecular weight excluding hydrogens is 442 g/mol. The number of para-hydroxylation sites is 2. The molecule has 4 aromatic rings. The van der Waals surface area contributed by atoms with Crippen LogP contribution in [-0.4, -0.2) is 18.5 Å². The van der Waals surface area contributed by atoms with Crippen molar-refractivity contribution in [2.75, 3.05) is 0 Å². The fraction of sp³-hybridized carbons (Fsp3) is 0. The zero-order chi connectivity index (χ0) is 23.4. The van der Waals surface area contributed by atoms with Crippen molar-refractivity contribution in [3.8, 4) is 22.6 Å². The van der Waals surface area contributed by atoms with Crippen LogP contribution in [0.15, 0.2) is 108 Å². The van der Waals surface area contributed by atoms with Crippen LogP contribution in [0.1, 0.15) is 10.4 Å². The van der Waals surface area contributed by atoms with E-state index in [1.54, 1.807) is 12.1 Å². The van der Waals surface area contributed by atoms with Crippen molar-refractivity contribution in [2.45, 2.75) is 4.90 Å². The highest BCUT2D eigenvalue weighted by molar-refractivity contribution is 8.06. The van der Waals surface area contributed by atoms with E-state index in [0.29, 0.717) is 11.5 Å². The number of sulfone groups is 1. The monoisotopic (exact) mass is 459 g/mol. The third kappa shape index (κ3) is 4.65. The Morgan fingerprint density at radius 3 is 2.00 bits per heavy atom. The zero-order valence-corrected chi connectivity index (χ0v) is 17.9. The molecule has 7 nitrogen and oxygen atoms in total. The van der Waals surface area contributed by atoms with Crippen molar-refractivity contribution in [3.05, 3.63) is 119 Å². The molecule has 0 unspecified atom stereocenters. The van der Waals surface area contributed by atoms with Crippen LogP contribution in [0.5, 0.6) is 11.5 Å². The minimum atomic E-state index is -4.35. The van der Waals surface area contributed by atoms with Gasteiger partial charge in [0.25, 0.3) is 10.8 Å². The van der Waals surface area contributed by atoms with Gasteiger partial charge in [0.05, 0.1) is 9.82 Å². The molecule has 33 heavy (non-hydrogen) atoms. The maximum atomic E-state index is 12.7. The summed E-state index contributed by atoms with van der Waals surface area (Å²) < 4.78 is 31.3. The summed E-state index contributed by atoms with van der Waals surface area (Å²) in [5, 5.41) is 9.69. The van der Waals surface area contributed by atoms with Gasteiger partial charge in [-0.3, -0.25) is 14.9 Å². The molecule has 0 aliphatic rings. The van der Waals surface area contributed by atoms with Crippen LogP contribution in [0.3, 0.4) is 0 Å². The second kappa shape index (κ2) is 9.05. The number of non-ortho nitro benzene ring substituents is 1. The first-order chi connectivity index (χ1) is 15.9. The van der Waals surface area contributed by atoms with Crippen molar-refractivity contribution in [1.82, 2.24) is 0 Å². The Morgan fingerprint density at radius 1 is 0.758 bits per heavy atom. The highest BCUT2D eigenvalue weighted by atomic mass is 32.2. The lowest BCUT2D eigenvalue weighted by Gasteiger charge is -2.12. The quantitative estimate of drug-likeness (QED) is 0.272. The summed E-state index contributed by atoms with van der Waals surface area (Å²) in [6.45, 7) is 0. The van der Waals surface area contributed by atoms with Crippen molar-refractivity contribution in [3.63, 3.8) is 0 Å². The molecule has 0 saturated carbocycles. The van der Waals surface area contributed by atoms with Crippen LogP contribution in [0.4, 0.5) is 5.69 Å². The summed E-state index contributed by atoms with van der Waals surface area (Å²) in [6.07, 6.45) is 0. The van der Waals surface area contributed by atoms with Crippen LogP contribution in [0.25, 0.3) is 11.1 Å². The van der Waals surface area contributed by atoms with Gasteiger partial charge < -0.3 is 4.74 Å². The van der Waals surface area contributed by atoms with E-state index in [1.165, 1.54) is 12.1 Å². The number of rotatable bonds is 6. The maximum absolute atomic E-state index is 12.7. The van der Waals surface area contributed by atoms with Crippen LogP contribution in [0, 0.1) is 10.1 Å². The predicted molar refractivity (Wildman–Crippen MR) is 123 cm³/mol. The van der Waals surface area contributed by atoms with E-state index in [0.717, 1.165) is 35.4 Å². The van der Waals surface area contributed by atoms with Crippen LogP contribution in [-0.2, 0) is 9.84 Å². The van der Waals surface area contributed by atoms with Gasteiger partial charge in [-0.05, 0) is 48.0 Å². The molecule has 0 aromatic heterocycles. The number of hydrogen-bond acceptors (Lipinski definition) is 6. The summed E-state index contributed by atoms with van der Waals surface area (Å²) in [5.74, 6) is 1.28. The number of ether oxygens (including phenoxy) is 1. The number of nitro benzene ring substituents is 1. The average Bonchev–Trinajstić information content (AvgIpc) is 2.85. The lowest BCUT2D eigenvalue weighted by Crippen LogP contribution is -2.15. The zero-order valence-electron chi connectivity index (χ0n) is 17.1. The molecule has 4 rings (SSSR count). The van der Waals surface area contributed by atoms with Gasteiger partial charge in [-0.1, -0.05) is 48.5 Å². The molecule has 0 N–H and O–H groups in total. The molecule has 8 heteroatoms. The molecule has 0 aliphatic carbocycles. The highest BCUT2D eigenvalue weighted by Gasteiger charge is 2.27. The number of carbonyl (C=O) groups is 1. The van der Waals surface area contributed by atoms with Gasteiger partial charge in [0.15, 0.2) is 0 Å². The van der Waals surface area contributed by atoms with E-state index < -0.39 is 19.9 Å². The highest BCUT2D eigenvalue weighted by Crippen LogP contribution is 2.33. The van der Waals surface area contributed by atoms with Gasteiger partial charge in [-0.25, -0.2) is 8.42 Å². The summed E-state index contributed by atoms with van der Waals surface area (Å²) in [6, 6.07) is 27.0. The van der Waals surface area contributed by atoms with Crippen molar-refractivity contribution < 1.29 is 22.9 Å². The van der Waals surface area contributed by atoms with Gasteiger partial charge >= 0.3 is 0 Å². The van der Waals surface area contributed by atoms with Crippen LogP contribution < -0.4 is 4.74 Å². The van der Waals surface area contributed by atoms with E-state index in [2.05, 4.69) is 0 Å². The fourth-order valence-corrected chi connectivity index (χ4v) is 4.36. The SMILES string of the molecule is O=C(c1ccc(-c2ccccc2Oc2ccccc2)cc1)S(=O)(=O)c1ccc([N+](=O)[O-])cc1. The average molecular weight is 459 g/mol. The molecular formula is C25H17NO6S. The predicted octanol–water partition coefficient (Wildman–Crippen LogP) is 5.67. The Morgan fingerprint density at radius 2 is 1.36 bits per heavy atom. The lowest BCUT2D eigenvalue weighted by molar-refractivity contribution is -0.384. The molecule has 0 spiro atoms. The number of nitro groups is 1. The molecule has 0 saturated heterocycles. The fourth-order valence-electron chi connectivity index (χ4n) is 3.20. The topological polar surface area (TPSA) is 104 Å². The molecule has 0 amide bonds. The van der Waals surface area contributed by atoms with E-state index in [9.17, 15) is 23.3 Å². The minimum absolute atomic E-state index is 0.0152. The number of benzene rings is 4. The van der Waals surface area contributed by atoms with Gasteiger partial charge in [0.1, 0.15) is 11.5 Å². The Labute approximate surface area is 190 Å². The van der Waals surface area contributed by atoms with E-state index in [1.807, 2.05) is 54.6 Å². The molecule has 4 aromatic carbocycles. The normalized spacial score (nSPS) is 11.0. The van der Waals surface area contributed by atoms with Crippen LogP contribution >= 0.6 is 0 Å².